The van der Waals surface area contributed by atoms with Crippen molar-refractivity contribution in [3.63, 3.8) is 0 Å². The molecule has 0 atom stereocenters. The summed E-state index contributed by atoms with van der Waals surface area (Å²) >= 11 is 1.70. The minimum Gasteiger partial charge on any atom is -0.493 e. The summed E-state index contributed by atoms with van der Waals surface area (Å²) in [6.45, 7) is 6.55. The number of rotatable bonds is 7. The van der Waals surface area contributed by atoms with Gasteiger partial charge in [0.05, 0.1) is 7.11 Å². The van der Waals surface area contributed by atoms with E-state index in [1.165, 1.54) is 4.90 Å². The lowest BCUT2D eigenvalue weighted by molar-refractivity contribution is 0.284. The van der Waals surface area contributed by atoms with E-state index < -0.39 is 0 Å². The fourth-order valence-corrected chi connectivity index (χ4v) is 3.43. The van der Waals surface area contributed by atoms with E-state index in [0.29, 0.717) is 6.61 Å². The first kappa shape index (κ1) is 18.2. The Kier molecular flexibility index (Phi) is 6.03. The Bertz CT molecular complexity index is 888. The standard InChI is InChI=1S/C23H22O2S/c1-17(2)19-10-7-11-20(14-19)26-21-12-13-22(23(15-21)24-3)25-16-18-8-5-4-6-9-18/h4-15H,1,16H2,2-3H3. The van der Waals surface area contributed by atoms with Crippen molar-refractivity contribution in [1.82, 2.24) is 0 Å². The first-order valence-electron chi connectivity index (χ1n) is 8.44. The van der Waals surface area contributed by atoms with Gasteiger partial charge in [-0.3, -0.25) is 0 Å². The van der Waals surface area contributed by atoms with Crippen molar-refractivity contribution >= 4 is 17.3 Å². The summed E-state index contributed by atoms with van der Waals surface area (Å²) in [6.07, 6.45) is 0. The Morgan fingerprint density at radius 2 is 1.65 bits per heavy atom. The molecule has 0 aliphatic heterocycles. The third-order valence-corrected chi connectivity index (χ3v) is 4.91. The molecule has 3 aromatic carbocycles. The molecule has 0 saturated heterocycles. The highest BCUT2D eigenvalue weighted by Crippen LogP contribution is 2.36. The minimum atomic E-state index is 0.518. The van der Waals surface area contributed by atoms with E-state index in [1.807, 2.05) is 49.4 Å². The SMILES string of the molecule is C=C(C)c1cccc(Sc2ccc(OCc3ccccc3)c(OC)c2)c1. The molecule has 0 N–H and O–H groups in total. The molecule has 0 aromatic heterocycles. The van der Waals surface area contributed by atoms with Gasteiger partial charge in [0.25, 0.3) is 0 Å². The van der Waals surface area contributed by atoms with Crippen molar-refractivity contribution in [1.29, 1.82) is 0 Å². The Morgan fingerprint density at radius 1 is 0.885 bits per heavy atom. The summed E-state index contributed by atoms with van der Waals surface area (Å²) in [5, 5.41) is 0. The molecule has 0 aliphatic rings. The van der Waals surface area contributed by atoms with Crippen LogP contribution in [0.5, 0.6) is 11.5 Å². The normalized spacial score (nSPS) is 10.4. The molecular formula is C23H22O2S. The first-order chi connectivity index (χ1) is 12.7. The third-order valence-electron chi connectivity index (χ3n) is 3.93. The van der Waals surface area contributed by atoms with E-state index in [4.69, 9.17) is 9.47 Å². The molecule has 26 heavy (non-hydrogen) atoms. The summed E-state index contributed by atoms with van der Waals surface area (Å²) in [6, 6.07) is 24.5. The van der Waals surface area contributed by atoms with Crippen LogP contribution in [0.3, 0.4) is 0 Å². The predicted molar refractivity (Wildman–Crippen MR) is 109 cm³/mol. The number of allylic oxidation sites excluding steroid dienone is 1. The molecule has 0 radical (unpaired) electrons. The maximum atomic E-state index is 5.92. The quantitative estimate of drug-likeness (QED) is 0.480. The number of hydrogen-bond acceptors (Lipinski definition) is 3. The number of methoxy groups -OCH3 is 1. The smallest absolute Gasteiger partial charge is 0.161 e. The van der Waals surface area contributed by atoms with Crippen LogP contribution in [0.25, 0.3) is 5.57 Å². The van der Waals surface area contributed by atoms with Gasteiger partial charge in [-0.2, -0.15) is 0 Å². The lowest BCUT2D eigenvalue weighted by atomic mass is 10.1. The van der Waals surface area contributed by atoms with Crippen LogP contribution >= 0.6 is 11.8 Å². The summed E-state index contributed by atoms with van der Waals surface area (Å²) in [5.74, 6) is 1.48. The van der Waals surface area contributed by atoms with Gasteiger partial charge in [0.2, 0.25) is 0 Å². The maximum absolute atomic E-state index is 5.92. The second-order valence-electron chi connectivity index (χ2n) is 6.00. The van der Waals surface area contributed by atoms with Gasteiger partial charge in [-0.25, -0.2) is 0 Å². The lowest BCUT2D eigenvalue weighted by Crippen LogP contribution is -1.97. The van der Waals surface area contributed by atoms with Crippen LogP contribution in [0, 0.1) is 0 Å². The zero-order chi connectivity index (χ0) is 18.4. The summed E-state index contributed by atoms with van der Waals surface area (Å²) in [4.78, 5) is 2.28. The predicted octanol–water partition coefficient (Wildman–Crippen LogP) is 6.46. The van der Waals surface area contributed by atoms with Crippen molar-refractivity contribution in [3.8, 4) is 11.5 Å². The van der Waals surface area contributed by atoms with Gasteiger partial charge >= 0.3 is 0 Å². The maximum Gasteiger partial charge on any atom is 0.161 e. The van der Waals surface area contributed by atoms with E-state index >= 15 is 0 Å². The molecule has 3 aromatic rings. The highest BCUT2D eigenvalue weighted by atomic mass is 32.2. The number of benzene rings is 3. The highest BCUT2D eigenvalue weighted by Gasteiger charge is 2.08. The number of ether oxygens (including phenoxy) is 2. The van der Waals surface area contributed by atoms with Crippen LogP contribution in [0.15, 0.2) is 89.2 Å². The minimum absolute atomic E-state index is 0.518. The molecule has 0 spiro atoms. The Morgan fingerprint density at radius 3 is 2.38 bits per heavy atom. The average Bonchev–Trinajstić information content (AvgIpc) is 2.68. The zero-order valence-electron chi connectivity index (χ0n) is 15.1. The Hall–Kier alpha value is -2.65. The molecular weight excluding hydrogens is 340 g/mol. The van der Waals surface area contributed by atoms with Crippen molar-refractivity contribution in [2.24, 2.45) is 0 Å². The van der Waals surface area contributed by atoms with Crippen LogP contribution in [0.4, 0.5) is 0 Å². The average molecular weight is 362 g/mol. The monoisotopic (exact) mass is 362 g/mol. The molecule has 2 nitrogen and oxygen atoms in total. The van der Waals surface area contributed by atoms with Gasteiger partial charge in [0, 0.05) is 9.79 Å². The van der Waals surface area contributed by atoms with E-state index in [2.05, 4.69) is 36.9 Å². The molecule has 0 aliphatic carbocycles. The molecule has 3 heteroatoms. The molecule has 0 heterocycles. The summed E-state index contributed by atoms with van der Waals surface area (Å²) in [5.41, 5.74) is 3.35. The van der Waals surface area contributed by atoms with E-state index in [-0.39, 0.29) is 0 Å². The van der Waals surface area contributed by atoms with Gasteiger partial charge in [-0.1, -0.05) is 66.4 Å². The van der Waals surface area contributed by atoms with Crippen molar-refractivity contribution in [3.05, 3.63) is 90.5 Å². The van der Waals surface area contributed by atoms with E-state index in [9.17, 15) is 0 Å². The third kappa shape index (κ3) is 4.70. The topological polar surface area (TPSA) is 18.5 Å². The van der Waals surface area contributed by atoms with Crippen molar-refractivity contribution in [2.45, 2.75) is 23.3 Å². The van der Waals surface area contributed by atoms with Gasteiger partial charge in [0.1, 0.15) is 6.61 Å². The van der Waals surface area contributed by atoms with Crippen LogP contribution in [0.2, 0.25) is 0 Å². The van der Waals surface area contributed by atoms with Crippen LogP contribution in [-0.4, -0.2) is 7.11 Å². The van der Waals surface area contributed by atoms with Gasteiger partial charge in [0.15, 0.2) is 11.5 Å². The molecule has 0 fully saturated rings. The van der Waals surface area contributed by atoms with Crippen LogP contribution in [0.1, 0.15) is 18.1 Å². The molecule has 0 bridgehead atoms. The largest absolute Gasteiger partial charge is 0.493 e. The van der Waals surface area contributed by atoms with Gasteiger partial charge in [-0.15, -0.1) is 0 Å². The second kappa shape index (κ2) is 8.63. The Balaban J connectivity index is 1.74. The molecule has 132 valence electrons. The number of hydrogen-bond donors (Lipinski definition) is 0. The first-order valence-corrected chi connectivity index (χ1v) is 9.26. The Labute approximate surface area is 159 Å². The second-order valence-corrected chi connectivity index (χ2v) is 7.14. The molecule has 0 unspecified atom stereocenters. The van der Waals surface area contributed by atoms with Crippen LogP contribution < -0.4 is 9.47 Å². The lowest BCUT2D eigenvalue weighted by Gasteiger charge is -2.12. The van der Waals surface area contributed by atoms with Crippen molar-refractivity contribution < 1.29 is 9.47 Å². The van der Waals surface area contributed by atoms with Crippen LogP contribution in [-0.2, 0) is 6.61 Å². The fraction of sp³-hybridized carbons (Fsp3) is 0.130. The van der Waals surface area contributed by atoms with E-state index in [1.54, 1.807) is 18.9 Å². The highest BCUT2D eigenvalue weighted by molar-refractivity contribution is 7.99. The summed E-state index contributed by atoms with van der Waals surface area (Å²) in [7, 11) is 1.67. The fourth-order valence-electron chi connectivity index (χ4n) is 2.53. The zero-order valence-corrected chi connectivity index (χ0v) is 15.9. The van der Waals surface area contributed by atoms with Crippen molar-refractivity contribution in [2.75, 3.05) is 7.11 Å². The molecule has 3 rings (SSSR count). The van der Waals surface area contributed by atoms with Gasteiger partial charge in [-0.05, 0) is 48.4 Å². The molecule has 0 amide bonds. The van der Waals surface area contributed by atoms with Gasteiger partial charge < -0.3 is 9.47 Å². The summed E-state index contributed by atoms with van der Waals surface area (Å²) < 4.78 is 11.4. The van der Waals surface area contributed by atoms with E-state index in [0.717, 1.165) is 33.1 Å². The molecule has 0 saturated carbocycles.